The molecule has 0 spiro atoms. The van der Waals surface area contributed by atoms with Crippen molar-refractivity contribution in [2.45, 2.75) is 84.0 Å². The summed E-state index contributed by atoms with van der Waals surface area (Å²) in [6.07, 6.45) is 30.5. The standard InChI is InChI=1S/C22H36O2/c1-2-3-4-5-6-7-8-9-10-11-12-13-14-15-16-17-18-19-20-21-22(23)24/h6-7,9-10,12-13,20-21H,2-5,8,11,14-19H2,1H3,(H,23,24). The van der Waals surface area contributed by atoms with Gasteiger partial charge in [-0.25, -0.2) is 4.79 Å². The maximum atomic E-state index is 10.3. The van der Waals surface area contributed by atoms with Crippen LogP contribution in [0.15, 0.2) is 48.6 Å². The Labute approximate surface area is 149 Å². The molecule has 0 unspecified atom stereocenters. The summed E-state index contributed by atoms with van der Waals surface area (Å²) in [5, 5.41) is 8.45. The van der Waals surface area contributed by atoms with Crippen molar-refractivity contribution in [2.24, 2.45) is 0 Å². The minimum Gasteiger partial charge on any atom is -0.478 e. The van der Waals surface area contributed by atoms with Crippen molar-refractivity contribution in [3.05, 3.63) is 48.6 Å². The van der Waals surface area contributed by atoms with Crippen molar-refractivity contribution in [3.8, 4) is 0 Å². The van der Waals surface area contributed by atoms with E-state index in [-0.39, 0.29) is 0 Å². The molecule has 0 aliphatic rings. The van der Waals surface area contributed by atoms with E-state index >= 15 is 0 Å². The number of carboxylic acid groups (broad SMARTS) is 1. The van der Waals surface area contributed by atoms with Crippen LogP contribution in [0, 0.1) is 0 Å². The molecule has 0 rings (SSSR count). The van der Waals surface area contributed by atoms with Crippen LogP contribution in [0.4, 0.5) is 0 Å². The third-order valence-electron chi connectivity index (χ3n) is 3.77. The van der Waals surface area contributed by atoms with Gasteiger partial charge < -0.3 is 5.11 Å². The normalized spacial score (nSPS) is 12.4. The van der Waals surface area contributed by atoms with Crippen molar-refractivity contribution in [1.29, 1.82) is 0 Å². The topological polar surface area (TPSA) is 37.3 Å². The summed E-state index contributed by atoms with van der Waals surface area (Å²) >= 11 is 0. The van der Waals surface area contributed by atoms with Gasteiger partial charge in [0, 0.05) is 6.08 Å². The summed E-state index contributed by atoms with van der Waals surface area (Å²) in [6.45, 7) is 2.24. The molecule has 1 N–H and O–H groups in total. The Morgan fingerprint density at radius 1 is 0.667 bits per heavy atom. The van der Waals surface area contributed by atoms with Gasteiger partial charge in [-0.15, -0.1) is 0 Å². The Balaban J connectivity index is 3.31. The van der Waals surface area contributed by atoms with Crippen molar-refractivity contribution < 1.29 is 9.90 Å². The Morgan fingerprint density at radius 3 is 1.62 bits per heavy atom. The van der Waals surface area contributed by atoms with Gasteiger partial charge in [-0.1, -0.05) is 75.1 Å². The number of carbonyl (C=O) groups is 1. The average Bonchev–Trinajstić information content (AvgIpc) is 2.56. The predicted molar refractivity (Wildman–Crippen MR) is 105 cm³/mol. The summed E-state index contributed by atoms with van der Waals surface area (Å²) in [6, 6.07) is 0. The van der Waals surface area contributed by atoms with Crippen LogP contribution in [0.2, 0.25) is 0 Å². The molecule has 0 aromatic heterocycles. The first-order valence-corrected chi connectivity index (χ1v) is 9.61. The highest BCUT2D eigenvalue weighted by Crippen LogP contribution is 2.07. The van der Waals surface area contributed by atoms with E-state index in [2.05, 4.69) is 43.4 Å². The predicted octanol–water partition coefficient (Wildman–Crippen LogP) is 7.00. The van der Waals surface area contributed by atoms with Crippen LogP contribution in [0.3, 0.4) is 0 Å². The SMILES string of the molecule is CCCCCC=CCC=CCC=CCCCCCCC=CC(=O)O. The number of unbranched alkanes of at least 4 members (excludes halogenated alkanes) is 8. The van der Waals surface area contributed by atoms with Crippen LogP contribution in [-0.4, -0.2) is 11.1 Å². The minimum atomic E-state index is -0.850. The van der Waals surface area contributed by atoms with Crippen LogP contribution < -0.4 is 0 Å². The van der Waals surface area contributed by atoms with E-state index in [0.717, 1.165) is 32.1 Å². The van der Waals surface area contributed by atoms with Gasteiger partial charge in [0.15, 0.2) is 0 Å². The number of allylic oxidation sites excluding steroid dienone is 7. The van der Waals surface area contributed by atoms with E-state index in [1.165, 1.54) is 51.0 Å². The molecule has 24 heavy (non-hydrogen) atoms. The van der Waals surface area contributed by atoms with E-state index in [0.29, 0.717) is 0 Å². The van der Waals surface area contributed by atoms with Crippen molar-refractivity contribution in [3.63, 3.8) is 0 Å². The van der Waals surface area contributed by atoms with Gasteiger partial charge in [-0.05, 0) is 51.4 Å². The second kappa shape index (κ2) is 19.5. The van der Waals surface area contributed by atoms with Crippen LogP contribution >= 0.6 is 0 Å². The second-order valence-electron chi connectivity index (χ2n) is 6.11. The number of hydrogen-bond donors (Lipinski definition) is 1. The van der Waals surface area contributed by atoms with Crippen molar-refractivity contribution in [2.75, 3.05) is 0 Å². The van der Waals surface area contributed by atoms with Gasteiger partial charge >= 0.3 is 5.97 Å². The molecule has 0 atom stereocenters. The monoisotopic (exact) mass is 332 g/mol. The van der Waals surface area contributed by atoms with E-state index in [9.17, 15) is 4.79 Å². The summed E-state index contributed by atoms with van der Waals surface area (Å²) in [4.78, 5) is 10.3. The fourth-order valence-electron chi connectivity index (χ4n) is 2.35. The molecular formula is C22H36O2. The van der Waals surface area contributed by atoms with Gasteiger partial charge in [0.25, 0.3) is 0 Å². The number of carboxylic acids is 1. The molecule has 0 radical (unpaired) electrons. The number of hydrogen-bond acceptors (Lipinski definition) is 1. The van der Waals surface area contributed by atoms with Gasteiger partial charge in [-0.2, -0.15) is 0 Å². The fourth-order valence-corrected chi connectivity index (χ4v) is 2.35. The van der Waals surface area contributed by atoms with Gasteiger partial charge in [0.1, 0.15) is 0 Å². The Bertz CT molecular complexity index is 389. The number of rotatable bonds is 16. The summed E-state index contributed by atoms with van der Waals surface area (Å²) < 4.78 is 0. The molecule has 0 aliphatic carbocycles. The zero-order chi connectivity index (χ0) is 17.7. The zero-order valence-electron chi connectivity index (χ0n) is 15.5. The lowest BCUT2D eigenvalue weighted by Crippen LogP contribution is -1.85. The molecule has 0 heterocycles. The van der Waals surface area contributed by atoms with Crippen LogP contribution in [0.1, 0.15) is 84.0 Å². The van der Waals surface area contributed by atoms with E-state index in [1.54, 1.807) is 6.08 Å². The Morgan fingerprint density at radius 2 is 1.12 bits per heavy atom. The van der Waals surface area contributed by atoms with Crippen LogP contribution in [-0.2, 0) is 4.79 Å². The highest BCUT2D eigenvalue weighted by Gasteiger charge is 1.89. The molecule has 0 saturated carbocycles. The molecular weight excluding hydrogens is 296 g/mol. The first kappa shape index (κ1) is 22.4. The molecule has 0 aromatic rings. The molecule has 0 aromatic carbocycles. The lowest BCUT2D eigenvalue weighted by molar-refractivity contribution is -0.131. The fraction of sp³-hybridized carbons (Fsp3) is 0.591. The van der Waals surface area contributed by atoms with E-state index in [1.807, 2.05) is 0 Å². The van der Waals surface area contributed by atoms with Crippen molar-refractivity contribution in [1.82, 2.24) is 0 Å². The van der Waals surface area contributed by atoms with Gasteiger partial charge in [0.2, 0.25) is 0 Å². The van der Waals surface area contributed by atoms with Crippen molar-refractivity contribution >= 4 is 5.97 Å². The molecule has 0 fully saturated rings. The highest BCUT2D eigenvalue weighted by molar-refractivity contribution is 5.79. The quantitative estimate of drug-likeness (QED) is 0.188. The van der Waals surface area contributed by atoms with Crippen LogP contribution in [0.5, 0.6) is 0 Å². The summed E-state index contributed by atoms with van der Waals surface area (Å²) in [5.41, 5.74) is 0. The third-order valence-corrected chi connectivity index (χ3v) is 3.77. The molecule has 2 heteroatoms. The lowest BCUT2D eigenvalue weighted by atomic mass is 10.1. The molecule has 136 valence electrons. The lowest BCUT2D eigenvalue weighted by Gasteiger charge is -1.96. The average molecular weight is 333 g/mol. The number of aliphatic carboxylic acids is 1. The molecule has 0 amide bonds. The molecule has 2 nitrogen and oxygen atoms in total. The largest absolute Gasteiger partial charge is 0.478 e. The first-order valence-electron chi connectivity index (χ1n) is 9.61. The van der Waals surface area contributed by atoms with Gasteiger partial charge in [0.05, 0.1) is 0 Å². The van der Waals surface area contributed by atoms with Crippen LogP contribution in [0.25, 0.3) is 0 Å². The second-order valence-corrected chi connectivity index (χ2v) is 6.11. The van der Waals surface area contributed by atoms with E-state index < -0.39 is 5.97 Å². The smallest absolute Gasteiger partial charge is 0.327 e. The van der Waals surface area contributed by atoms with E-state index in [4.69, 9.17) is 5.11 Å². The zero-order valence-corrected chi connectivity index (χ0v) is 15.5. The Hall–Kier alpha value is -1.57. The molecule has 0 bridgehead atoms. The first-order chi connectivity index (χ1) is 11.8. The Kier molecular flexibility index (Phi) is 18.2. The van der Waals surface area contributed by atoms with Gasteiger partial charge in [-0.3, -0.25) is 0 Å². The molecule has 0 aliphatic heterocycles. The highest BCUT2D eigenvalue weighted by atomic mass is 16.4. The summed E-state index contributed by atoms with van der Waals surface area (Å²) in [5.74, 6) is -0.850. The minimum absolute atomic E-state index is 0.850. The molecule has 0 saturated heterocycles. The third kappa shape index (κ3) is 20.4. The summed E-state index contributed by atoms with van der Waals surface area (Å²) in [7, 11) is 0. The maximum absolute atomic E-state index is 10.3. The maximum Gasteiger partial charge on any atom is 0.327 e.